The average molecular weight is 316 g/mol. The van der Waals surface area contributed by atoms with Crippen molar-refractivity contribution in [2.45, 2.75) is 13.3 Å². The maximum atomic E-state index is 11.6. The number of ether oxygens (including phenoxy) is 1. The summed E-state index contributed by atoms with van der Waals surface area (Å²) >= 11 is 13.5. The largest absolute Gasteiger partial charge is 0.464 e. The van der Waals surface area contributed by atoms with Crippen LogP contribution in [-0.2, 0) is 11.2 Å². The predicted octanol–water partition coefficient (Wildman–Crippen LogP) is 4.47. The van der Waals surface area contributed by atoms with Gasteiger partial charge in [-0.25, -0.2) is 9.78 Å². The van der Waals surface area contributed by atoms with E-state index >= 15 is 0 Å². The lowest BCUT2D eigenvalue weighted by Crippen LogP contribution is -2.04. The number of rotatable bonds is 3. The van der Waals surface area contributed by atoms with E-state index in [0.717, 1.165) is 10.4 Å². The second-order valence-electron chi connectivity index (χ2n) is 3.76. The Balaban J connectivity index is 2.51. The van der Waals surface area contributed by atoms with E-state index in [0.29, 0.717) is 27.2 Å². The van der Waals surface area contributed by atoms with Gasteiger partial charge in [-0.2, -0.15) is 0 Å². The summed E-state index contributed by atoms with van der Waals surface area (Å²) in [6.45, 7) is 1.97. The molecule has 1 aromatic heterocycles. The molecular formula is C13H11Cl2NO2S. The van der Waals surface area contributed by atoms with E-state index in [1.165, 1.54) is 18.4 Å². The van der Waals surface area contributed by atoms with Crippen molar-refractivity contribution in [2.24, 2.45) is 0 Å². The van der Waals surface area contributed by atoms with Gasteiger partial charge in [0.1, 0.15) is 5.01 Å². The first-order valence-corrected chi connectivity index (χ1v) is 7.17. The molecule has 2 rings (SSSR count). The summed E-state index contributed by atoms with van der Waals surface area (Å²) in [6.07, 6.45) is 0.716. The minimum Gasteiger partial charge on any atom is -0.464 e. The lowest BCUT2D eigenvalue weighted by atomic mass is 10.2. The Labute approximate surface area is 125 Å². The van der Waals surface area contributed by atoms with Crippen molar-refractivity contribution in [3.05, 3.63) is 38.8 Å². The van der Waals surface area contributed by atoms with E-state index in [9.17, 15) is 4.79 Å². The van der Waals surface area contributed by atoms with E-state index in [4.69, 9.17) is 27.9 Å². The average Bonchev–Trinajstić information content (AvgIpc) is 2.81. The number of nitrogens with zero attached hydrogens (tertiary/aromatic N) is 1. The highest BCUT2D eigenvalue weighted by Gasteiger charge is 2.19. The number of hydrogen-bond acceptors (Lipinski definition) is 4. The van der Waals surface area contributed by atoms with Gasteiger partial charge in [0.2, 0.25) is 0 Å². The molecule has 0 aliphatic rings. The van der Waals surface area contributed by atoms with Gasteiger partial charge in [0.05, 0.1) is 12.1 Å². The molecule has 0 aliphatic heterocycles. The topological polar surface area (TPSA) is 39.2 Å². The van der Waals surface area contributed by atoms with Crippen molar-refractivity contribution in [3.8, 4) is 10.6 Å². The van der Waals surface area contributed by atoms with Gasteiger partial charge in [-0.3, -0.25) is 0 Å². The summed E-state index contributed by atoms with van der Waals surface area (Å²) in [6, 6.07) is 5.20. The number of methoxy groups -OCH3 is 1. The Morgan fingerprint density at radius 2 is 2.16 bits per heavy atom. The van der Waals surface area contributed by atoms with Crippen molar-refractivity contribution in [1.82, 2.24) is 4.98 Å². The number of thiazole rings is 1. The minimum atomic E-state index is -0.426. The number of benzene rings is 1. The summed E-state index contributed by atoms with van der Waals surface area (Å²) in [5.74, 6) is -0.426. The molecule has 2 aromatic rings. The zero-order valence-corrected chi connectivity index (χ0v) is 12.7. The molecule has 19 heavy (non-hydrogen) atoms. The van der Waals surface area contributed by atoms with Gasteiger partial charge < -0.3 is 4.74 Å². The minimum absolute atomic E-state index is 0.357. The van der Waals surface area contributed by atoms with Crippen molar-refractivity contribution >= 4 is 40.5 Å². The molecule has 0 N–H and O–H groups in total. The Morgan fingerprint density at radius 3 is 2.74 bits per heavy atom. The van der Waals surface area contributed by atoms with E-state index in [1.807, 2.05) is 6.92 Å². The molecule has 0 aliphatic carbocycles. The summed E-state index contributed by atoms with van der Waals surface area (Å²) in [4.78, 5) is 16.9. The van der Waals surface area contributed by atoms with Crippen molar-refractivity contribution in [2.75, 3.05) is 7.11 Å². The molecule has 0 saturated carbocycles. The number of esters is 1. The Bertz CT molecular complexity index is 625. The molecule has 6 heteroatoms. The number of aromatic nitrogens is 1. The standard InChI is InChI=1S/C13H11Cl2NO2S/c1-3-10-11(13(17)18-2)16-12(19-10)8-5-4-7(14)6-9(8)15/h4-6H,3H2,1-2H3. The number of halogens is 2. The first-order valence-electron chi connectivity index (χ1n) is 5.60. The molecule has 3 nitrogen and oxygen atoms in total. The van der Waals surface area contributed by atoms with E-state index in [2.05, 4.69) is 4.98 Å². The van der Waals surface area contributed by atoms with E-state index in [-0.39, 0.29) is 0 Å². The highest BCUT2D eigenvalue weighted by atomic mass is 35.5. The van der Waals surface area contributed by atoms with Crippen LogP contribution in [0, 0.1) is 0 Å². The van der Waals surface area contributed by atoms with E-state index in [1.54, 1.807) is 18.2 Å². The van der Waals surface area contributed by atoms with Crippen LogP contribution in [0.25, 0.3) is 10.6 Å². The first-order chi connectivity index (χ1) is 9.06. The van der Waals surface area contributed by atoms with Crippen molar-refractivity contribution < 1.29 is 9.53 Å². The molecule has 0 radical (unpaired) electrons. The van der Waals surface area contributed by atoms with Gasteiger partial charge in [-0.15, -0.1) is 11.3 Å². The Hall–Kier alpha value is -1.10. The van der Waals surface area contributed by atoms with Crippen LogP contribution in [0.1, 0.15) is 22.3 Å². The van der Waals surface area contributed by atoms with Crippen molar-refractivity contribution in [1.29, 1.82) is 0 Å². The van der Waals surface area contributed by atoms with Crippen LogP contribution in [0.2, 0.25) is 10.0 Å². The number of aryl methyl sites for hydroxylation is 1. The highest BCUT2D eigenvalue weighted by molar-refractivity contribution is 7.15. The zero-order chi connectivity index (χ0) is 14.0. The molecule has 1 aromatic carbocycles. The van der Waals surface area contributed by atoms with Gasteiger partial charge in [0, 0.05) is 15.5 Å². The fraction of sp³-hybridized carbons (Fsp3) is 0.231. The maximum Gasteiger partial charge on any atom is 0.357 e. The third-order valence-electron chi connectivity index (χ3n) is 2.56. The normalized spacial score (nSPS) is 10.5. The molecule has 0 atom stereocenters. The Morgan fingerprint density at radius 1 is 1.42 bits per heavy atom. The molecular weight excluding hydrogens is 305 g/mol. The third kappa shape index (κ3) is 2.91. The van der Waals surface area contributed by atoms with Gasteiger partial charge in [0.15, 0.2) is 5.69 Å². The molecule has 1 heterocycles. The van der Waals surface area contributed by atoms with Crippen LogP contribution < -0.4 is 0 Å². The fourth-order valence-electron chi connectivity index (χ4n) is 1.63. The fourth-order valence-corrected chi connectivity index (χ4v) is 3.21. The Kier molecular flexibility index (Phi) is 4.45. The lowest BCUT2D eigenvalue weighted by molar-refractivity contribution is 0.0594. The van der Waals surface area contributed by atoms with Crippen molar-refractivity contribution in [3.63, 3.8) is 0 Å². The second-order valence-corrected chi connectivity index (χ2v) is 5.69. The van der Waals surface area contributed by atoms with Crippen LogP contribution in [0.3, 0.4) is 0 Å². The second kappa shape index (κ2) is 5.90. The maximum absolute atomic E-state index is 11.6. The monoisotopic (exact) mass is 315 g/mol. The summed E-state index contributed by atoms with van der Waals surface area (Å²) in [5.41, 5.74) is 1.12. The summed E-state index contributed by atoms with van der Waals surface area (Å²) in [5, 5.41) is 1.77. The summed E-state index contributed by atoms with van der Waals surface area (Å²) in [7, 11) is 1.34. The molecule has 0 unspecified atom stereocenters. The zero-order valence-electron chi connectivity index (χ0n) is 10.4. The van der Waals surface area contributed by atoms with Crippen LogP contribution in [0.4, 0.5) is 0 Å². The van der Waals surface area contributed by atoms with Crippen LogP contribution in [0.15, 0.2) is 18.2 Å². The molecule has 0 fully saturated rings. The van der Waals surface area contributed by atoms with Gasteiger partial charge >= 0.3 is 5.97 Å². The van der Waals surface area contributed by atoms with E-state index < -0.39 is 5.97 Å². The smallest absolute Gasteiger partial charge is 0.357 e. The third-order valence-corrected chi connectivity index (χ3v) is 4.34. The molecule has 0 spiro atoms. The van der Waals surface area contributed by atoms with Crippen LogP contribution in [-0.4, -0.2) is 18.1 Å². The SMILES string of the molecule is CCc1sc(-c2ccc(Cl)cc2Cl)nc1C(=O)OC. The van der Waals surface area contributed by atoms with Gasteiger partial charge in [0.25, 0.3) is 0 Å². The number of carbonyl (C=O) groups excluding carboxylic acids is 1. The molecule has 0 amide bonds. The van der Waals surface area contributed by atoms with Crippen LogP contribution in [0.5, 0.6) is 0 Å². The number of carbonyl (C=O) groups is 1. The molecule has 0 bridgehead atoms. The number of hydrogen-bond donors (Lipinski definition) is 0. The van der Waals surface area contributed by atoms with Crippen LogP contribution >= 0.6 is 34.5 Å². The van der Waals surface area contributed by atoms with Gasteiger partial charge in [-0.1, -0.05) is 30.1 Å². The highest BCUT2D eigenvalue weighted by Crippen LogP contribution is 2.34. The molecule has 0 saturated heterocycles. The van der Waals surface area contributed by atoms with Gasteiger partial charge in [-0.05, 0) is 24.6 Å². The quantitative estimate of drug-likeness (QED) is 0.785. The lowest BCUT2D eigenvalue weighted by Gasteiger charge is -2.00. The molecule has 100 valence electrons. The summed E-state index contributed by atoms with van der Waals surface area (Å²) < 4.78 is 4.73. The predicted molar refractivity (Wildman–Crippen MR) is 78.3 cm³/mol. The first kappa shape index (κ1) is 14.3.